The lowest BCUT2D eigenvalue weighted by atomic mass is 10.2. The van der Waals surface area contributed by atoms with E-state index in [0.717, 1.165) is 15.2 Å². The van der Waals surface area contributed by atoms with Crippen LogP contribution in [0, 0.1) is 0 Å². The monoisotopic (exact) mass is 649 g/mol. The van der Waals surface area contributed by atoms with Crippen LogP contribution < -0.4 is 9.47 Å². The van der Waals surface area contributed by atoms with Crippen LogP contribution in [0.4, 0.5) is 5.69 Å². The van der Waals surface area contributed by atoms with Crippen molar-refractivity contribution in [1.29, 1.82) is 0 Å². The topological polar surface area (TPSA) is 116 Å². The Morgan fingerprint density at radius 3 is 2.26 bits per heavy atom. The number of rotatable bonds is 9. The minimum atomic E-state index is -4.45. The number of nitrogens with zero attached hydrogens (tertiary/aromatic N) is 2. The van der Waals surface area contributed by atoms with E-state index in [9.17, 15) is 25.9 Å². The van der Waals surface area contributed by atoms with Crippen molar-refractivity contribution >= 4 is 88.5 Å². The fraction of sp³-hybridized carbons (Fsp3) is 0.320. The fourth-order valence-electron chi connectivity index (χ4n) is 4.50. The molecule has 0 fully saturated rings. The van der Waals surface area contributed by atoms with E-state index in [0.29, 0.717) is 37.7 Å². The zero-order valence-corrected chi connectivity index (χ0v) is 26.0. The van der Waals surface area contributed by atoms with Gasteiger partial charge in [-0.2, -0.15) is 21.4 Å². The average Bonchev–Trinajstić information content (AvgIpc) is 3.35. The van der Waals surface area contributed by atoms with Crippen LogP contribution in [0.3, 0.4) is 0 Å². The Morgan fingerprint density at radius 2 is 1.67 bits per heavy atom. The highest BCUT2D eigenvalue weighted by molar-refractivity contribution is 8.03. The maximum absolute atomic E-state index is 12.3. The Hall–Kier alpha value is -1.64. The molecule has 1 aliphatic heterocycles. The second-order valence-electron chi connectivity index (χ2n) is 8.82. The number of thiazole rings is 1. The summed E-state index contributed by atoms with van der Waals surface area (Å²) in [5.74, 6) is 0. The smallest absolute Gasteiger partial charge is 0.315 e. The first-order valence-corrected chi connectivity index (χ1v) is 17.4. The van der Waals surface area contributed by atoms with Crippen molar-refractivity contribution in [3.05, 3.63) is 68.1 Å². The molecule has 2 aromatic carbocycles. The summed E-state index contributed by atoms with van der Waals surface area (Å²) in [6.45, 7) is 5.27. The summed E-state index contributed by atoms with van der Waals surface area (Å²) in [4.78, 5) is 2.35. The van der Waals surface area contributed by atoms with Gasteiger partial charge in [-0.15, -0.1) is 0 Å². The van der Waals surface area contributed by atoms with Gasteiger partial charge in [-0.25, -0.2) is 0 Å². The quantitative estimate of drug-likeness (QED) is 0.185. The molecule has 4 rings (SSSR count). The number of halogens is 2. The minimum Gasteiger partial charge on any atom is -0.315 e. The molecule has 14 heteroatoms. The van der Waals surface area contributed by atoms with Gasteiger partial charge in [0.25, 0.3) is 20.5 Å². The predicted octanol–water partition coefficient (Wildman–Crippen LogP) is 7.16. The van der Waals surface area contributed by atoms with E-state index in [1.54, 1.807) is 59.7 Å². The van der Waals surface area contributed by atoms with Gasteiger partial charge in [0.05, 0.1) is 10.7 Å². The van der Waals surface area contributed by atoms with Crippen LogP contribution >= 0.6 is 46.3 Å². The lowest BCUT2D eigenvalue weighted by molar-refractivity contribution is -0.674. The second-order valence-corrected chi connectivity index (χ2v) is 15.0. The van der Waals surface area contributed by atoms with E-state index in [2.05, 4.69) is 0 Å². The Labute approximate surface area is 246 Å². The van der Waals surface area contributed by atoms with Crippen LogP contribution in [0.5, 0.6) is 0 Å². The normalized spacial score (nSPS) is 17.2. The number of aromatic nitrogens is 1. The van der Waals surface area contributed by atoms with Crippen LogP contribution in [-0.2, 0) is 20.2 Å². The first-order chi connectivity index (χ1) is 18.3. The van der Waals surface area contributed by atoms with E-state index in [1.165, 1.54) is 23.1 Å². The Morgan fingerprint density at radius 1 is 1.00 bits per heavy atom. The molecule has 0 spiro atoms. The number of allylic oxidation sites excluding steroid dienone is 2. The predicted molar refractivity (Wildman–Crippen MR) is 160 cm³/mol. The summed E-state index contributed by atoms with van der Waals surface area (Å²) >= 11 is 15.2. The van der Waals surface area contributed by atoms with Gasteiger partial charge in [0.1, 0.15) is 4.70 Å². The maximum atomic E-state index is 12.3. The highest BCUT2D eigenvalue weighted by Gasteiger charge is 2.38. The van der Waals surface area contributed by atoms with Gasteiger partial charge in [0.15, 0.2) is 5.37 Å². The molecule has 210 valence electrons. The van der Waals surface area contributed by atoms with E-state index in [1.807, 2.05) is 19.1 Å². The summed E-state index contributed by atoms with van der Waals surface area (Å²) in [6, 6.07) is 10.3. The van der Waals surface area contributed by atoms with E-state index >= 15 is 0 Å². The van der Waals surface area contributed by atoms with Gasteiger partial charge in [0, 0.05) is 33.5 Å². The summed E-state index contributed by atoms with van der Waals surface area (Å²) in [5.41, 5.74) is 1.91. The van der Waals surface area contributed by atoms with Gasteiger partial charge in [-0.05, 0) is 54.8 Å². The molecular weight excluding hydrogens is 623 g/mol. The van der Waals surface area contributed by atoms with E-state index < -0.39 is 31.0 Å². The summed E-state index contributed by atoms with van der Waals surface area (Å²) in [5, 5.41) is -0.454. The first kappa shape index (κ1) is 30.3. The Balaban J connectivity index is 1.92. The summed E-state index contributed by atoms with van der Waals surface area (Å²) in [6.07, 6.45) is 4.41. The number of thioether (sulfide) groups is 1. The number of hydrogen-bond acceptors (Lipinski definition) is 7. The molecule has 0 bridgehead atoms. The highest BCUT2D eigenvalue weighted by atomic mass is 35.5. The lowest BCUT2D eigenvalue weighted by Gasteiger charge is -2.28. The molecule has 0 radical (unpaired) electrons. The third-order valence-electron chi connectivity index (χ3n) is 6.25. The zero-order chi connectivity index (χ0) is 28.7. The lowest BCUT2D eigenvalue weighted by Crippen LogP contribution is -2.44. The van der Waals surface area contributed by atoms with E-state index in [4.69, 9.17) is 23.2 Å². The molecule has 0 amide bonds. The van der Waals surface area contributed by atoms with Crippen molar-refractivity contribution in [2.24, 2.45) is 0 Å². The molecular formula is C25H27Cl2N2O6S4+. The number of hydrogen-bond donors (Lipinski definition) is 2. The maximum Gasteiger partial charge on any atom is 0.329 e. The van der Waals surface area contributed by atoms with Crippen LogP contribution in [-0.4, -0.2) is 31.3 Å². The summed E-state index contributed by atoms with van der Waals surface area (Å²) < 4.78 is 71.8. The van der Waals surface area contributed by atoms with Crippen molar-refractivity contribution in [3.8, 4) is 0 Å². The van der Waals surface area contributed by atoms with Gasteiger partial charge in [0.2, 0.25) is 5.52 Å². The molecule has 2 heterocycles. The molecule has 0 saturated carbocycles. The molecule has 39 heavy (non-hydrogen) atoms. The molecule has 0 saturated heterocycles. The van der Waals surface area contributed by atoms with Crippen molar-refractivity contribution in [2.75, 3.05) is 4.90 Å². The van der Waals surface area contributed by atoms with Crippen molar-refractivity contribution in [1.82, 2.24) is 0 Å². The highest BCUT2D eigenvalue weighted by Crippen LogP contribution is 2.49. The van der Waals surface area contributed by atoms with E-state index in [-0.39, 0.29) is 12.8 Å². The van der Waals surface area contributed by atoms with Crippen LogP contribution in [0.15, 0.2) is 58.0 Å². The van der Waals surface area contributed by atoms with Gasteiger partial charge in [-0.1, -0.05) is 67.1 Å². The van der Waals surface area contributed by atoms with Gasteiger partial charge >= 0.3 is 10.1 Å². The minimum absolute atomic E-state index is 0.122. The third kappa shape index (κ3) is 6.33. The Bertz CT molecular complexity index is 1700. The number of fused-ring (bicyclic) bond motifs is 2. The Kier molecular flexibility index (Phi) is 9.09. The van der Waals surface area contributed by atoms with Gasteiger partial charge < -0.3 is 4.90 Å². The summed E-state index contributed by atoms with van der Waals surface area (Å²) in [7, 11) is -8.89. The van der Waals surface area contributed by atoms with Crippen LogP contribution in [0.1, 0.15) is 50.4 Å². The second kappa shape index (κ2) is 11.7. The number of anilines is 1. The molecule has 1 aromatic heterocycles. The third-order valence-corrected chi connectivity index (χ3v) is 11.4. The number of benzene rings is 2. The van der Waals surface area contributed by atoms with Crippen molar-refractivity contribution < 1.29 is 30.5 Å². The van der Waals surface area contributed by atoms with Crippen molar-refractivity contribution in [3.63, 3.8) is 0 Å². The molecule has 2 unspecified atom stereocenters. The SMILES string of the molecule is CCC(=Cc1sc2ccc(Cl)cc2[n+]1C(CC)S(=O)(=O)O)C=C1Sc2ccc(Cl)cc2N1C(CC)S(=O)(=O)O. The van der Waals surface area contributed by atoms with Crippen molar-refractivity contribution in [2.45, 2.75) is 55.7 Å². The molecule has 0 aliphatic carbocycles. The molecule has 1 aliphatic rings. The fourth-order valence-corrected chi connectivity index (χ4v) is 9.11. The average molecular weight is 651 g/mol. The molecule has 8 nitrogen and oxygen atoms in total. The zero-order valence-electron chi connectivity index (χ0n) is 21.2. The van der Waals surface area contributed by atoms with Gasteiger partial charge in [-0.3, -0.25) is 9.11 Å². The molecule has 2 N–H and O–H groups in total. The van der Waals surface area contributed by atoms with Crippen LogP contribution in [0.25, 0.3) is 16.3 Å². The standard InChI is InChI=1S/C25H26Cl2N2O6S4/c1-4-15(11-22-28(24(5-2)38(30,31)32)18-13-16(26)7-9-20(18)36-22)12-23-29(25(6-3)39(33,34)35)19-14-17(27)8-10-21(19)37-23/h7-14,24-25H,4-6H2,1-3H3,(H-,30,31,32,33,34,35)/p+1. The molecule has 3 aromatic rings. The van der Waals surface area contributed by atoms with Crippen LogP contribution in [0.2, 0.25) is 10.0 Å². The first-order valence-electron chi connectivity index (χ1n) is 12.0. The molecule has 2 atom stereocenters. The largest absolute Gasteiger partial charge is 0.329 e.